The number of thioether (sulfide) groups is 1. The van der Waals surface area contributed by atoms with Crippen molar-refractivity contribution in [2.75, 3.05) is 20.8 Å². The van der Waals surface area contributed by atoms with Gasteiger partial charge in [-0.3, -0.25) is 14.3 Å². The van der Waals surface area contributed by atoms with E-state index in [9.17, 15) is 4.79 Å². The van der Waals surface area contributed by atoms with Gasteiger partial charge < -0.3 is 14.8 Å². The van der Waals surface area contributed by atoms with Crippen molar-refractivity contribution in [2.45, 2.75) is 17.3 Å². The minimum Gasteiger partial charge on any atom is -0.493 e. The molecule has 0 radical (unpaired) electrons. The topological polar surface area (TPSA) is 104 Å². The molecule has 3 aromatic heterocycles. The summed E-state index contributed by atoms with van der Waals surface area (Å²) in [4.78, 5) is 21.4. The second-order valence-electron chi connectivity index (χ2n) is 8.44. The van der Waals surface area contributed by atoms with Crippen molar-refractivity contribution >= 4 is 40.6 Å². The van der Waals surface area contributed by atoms with Crippen LogP contribution in [0.2, 0.25) is 5.02 Å². The van der Waals surface area contributed by atoms with E-state index in [1.807, 2.05) is 59.2 Å². The van der Waals surface area contributed by atoms with E-state index in [0.717, 1.165) is 21.8 Å². The third-order valence-corrected chi connectivity index (χ3v) is 8.21. The zero-order valence-corrected chi connectivity index (χ0v) is 24.1. The summed E-state index contributed by atoms with van der Waals surface area (Å²) >= 11 is 9.45. The maximum Gasteiger partial charge on any atom is 0.270 e. The Balaban J connectivity index is 1.24. The molecule has 0 aliphatic carbocycles. The third-order valence-electron chi connectivity index (χ3n) is 5.92. The summed E-state index contributed by atoms with van der Waals surface area (Å²) in [6.07, 6.45) is 4.07. The Kier molecular flexibility index (Phi) is 8.94. The van der Waals surface area contributed by atoms with E-state index in [1.165, 1.54) is 23.1 Å². The van der Waals surface area contributed by atoms with Gasteiger partial charge in [0.05, 0.1) is 30.7 Å². The minimum absolute atomic E-state index is 0.216. The molecular formula is C28H25ClN6O3S2. The van der Waals surface area contributed by atoms with E-state index >= 15 is 0 Å². The summed E-state index contributed by atoms with van der Waals surface area (Å²) < 4.78 is 12.6. The maximum atomic E-state index is 12.7. The van der Waals surface area contributed by atoms with Gasteiger partial charge in [-0.05, 0) is 48.4 Å². The molecule has 0 fully saturated rings. The number of para-hydroxylation sites is 1. The number of pyridine rings is 1. The molecule has 0 bridgehead atoms. The number of hydrogen-bond donors (Lipinski definition) is 1. The Hall–Kier alpha value is -3.93. The van der Waals surface area contributed by atoms with Crippen molar-refractivity contribution in [3.63, 3.8) is 0 Å². The predicted molar refractivity (Wildman–Crippen MR) is 157 cm³/mol. The van der Waals surface area contributed by atoms with E-state index in [0.29, 0.717) is 51.9 Å². The smallest absolute Gasteiger partial charge is 0.270 e. The average Bonchev–Trinajstić information content (AvgIpc) is 3.64. The molecule has 3 heterocycles. The number of nitrogens with one attached hydrogen (secondary N) is 1. The second kappa shape index (κ2) is 12.9. The molecule has 5 rings (SSSR count). The third kappa shape index (κ3) is 6.27. The largest absolute Gasteiger partial charge is 0.493 e. The number of carbonyl (C=O) groups excluding carboxylic acids is 1. The fourth-order valence-corrected chi connectivity index (χ4v) is 5.91. The van der Waals surface area contributed by atoms with Crippen LogP contribution < -0.4 is 14.8 Å². The van der Waals surface area contributed by atoms with Gasteiger partial charge in [-0.1, -0.05) is 41.6 Å². The van der Waals surface area contributed by atoms with Crippen LogP contribution in [0.3, 0.4) is 0 Å². The lowest BCUT2D eigenvalue weighted by molar-refractivity contribution is 0.0949. The van der Waals surface area contributed by atoms with Gasteiger partial charge in [0, 0.05) is 29.9 Å². The SMILES string of the molecule is COc1ccc(CCNC(=O)c2csc(CSc3nnc(-c4ccncc4)n3-c3ccccc3Cl)n2)cc1OC. The van der Waals surface area contributed by atoms with Crippen LogP contribution in [-0.4, -0.2) is 51.4 Å². The van der Waals surface area contributed by atoms with Crippen LogP contribution in [0, 0.1) is 0 Å². The monoisotopic (exact) mass is 592 g/mol. The molecule has 0 aliphatic rings. The van der Waals surface area contributed by atoms with E-state index in [2.05, 4.69) is 25.5 Å². The lowest BCUT2D eigenvalue weighted by atomic mass is 10.1. The molecule has 2 aromatic carbocycles. The fraction of sp³-hybridized carbons (Fsp3) is 0.179. The van der Waals surface area contributed by atoms with Gasteiger partial charge in [0.1, 0.15) is 10.7 Å². The van der Waals surface area contributed by atoms with Crippen LogP contribution >= 0.6 is 34.7 Å². The van der Waals surface area contributed by atoms with E-state index in [-0.39, 0.29) is 5.91 Å². The Morgan fingerprint density at radius 3 is 2.62 bits per heavy atom. The number of halogens is 1. The van der Waals surface area contributed by atoms with Crippen molar-refractivity contribution in [3.8, 4) is 28.6 Å². The predicted octanol–water partition coefficient (Wildman–Crippen LogP) is 5.72. The average molecular weight is 593 g/mol. The van der Waals surface area contributed by atoms with Crippen molar-refractivity contribution < 1.29 is 14.3 Å². The molecule has 0 unspecified atom stereocenters. The van der Waals surface area contributed by atoms with Gasteiger partial charge in [0.25, 0.3) is 5.91 Å². The molecular weight excluding hydrogens is 568 g/mol. The van der Waals surface area contributed by atoms with Crippen LogP contribution in [0.1, 0.15) is 21.1 Å². The Bertz CT molecular complexity index is 1610. The number of methoxy groups -OCH3 is 2. The summed E-state index contributed by atoms with van der Waals surface area (Å²) in [7, 11) is 3.20. The maximum absolute atomic E-state index is 12.7. The van der Waals surface area contributed by atoms with E-state index in [1.54, 1.807) is 32.0 Å². The lowest BCUT2D eigenvalue weighted by Crippen LogP contribution is -2.26. The first-order valence-corrected chi connectivity index (χ1v) is 14.5. The van der Waals surface area contributed by atoms with Crippen molar-refractivity contribution in [1.82, 2.24) is 30.0 Å². The van der Waals surface area contributed by atoms with Gasteiger partial charge in [0.2, 0.25) is 0 Å². The van der Waals surface area contributed by atoms with Gasteiger partial charge >= 0.3 is 0 Å². The molecule has 204 valence electrons. The molecule has 0 saturated carbocycles. The number of ether oxygens (including phenoxy) is 2. The quantitative estimate of drug-likeness (QED) is 0.194. The van der Waals surface area contributed by atoms with Crippen LogP contribution in [0.15, 0.2) is 77.5 Å². The molecule has 0 spiro atoms. The van der Waals surface area contributed by atoms with Crippen molar-refractivity contribution in [2.24, 2.45) is 0 Å². The second-order valence-corrected chi connectivity index (χ2v) is 10.7. The normalized spacial score (nSPS) is 10.9. The van der Waals surface area contributed by atoms with Crippen LogP contribution in [-0.2, 0) is 12.2 Å². The van der Waals surface area contributed by atoms with Crippen molar-refractivity contribution in [1.29, 1.82) is 0 Å². The first-order chi connectivity index (χ1) is 19.6. The number of carbonyl (C=O) groups is 1. The van der Waals surface area contributed by atoms with Gasteiger partial charge in [-0.25, -0.2) is 4.98 Å². The van der Waals surface area contributed by atoms with Crippen LogP contribution in [0.4, 0.5) is 0 Å². The zero-order chi connectivity index (χ0) is 27.9. The number of hydrogen-bond acceptors (Lipinski definition) is 9. The number of aromatic nitrogens is 5. The molecule has 0 saturated heterocycles. The number of nitrogens with zero attached hydrogens (tertiary/aromatic N) is 5. The van der Waals surface area contributed by atoms with Crippen LogP contribution in [0.5, 0.6) is 11.5 Å². The fourth-order valence-electron chi connectivity index (χ4n) is 3.96. The number of benzene rings is 2. The molecule has 1 N–H and O–H groups in total. The molecule has 12 heteroatoms. The Morgan fingerprint density at radius 2 is 1.85 bits per heavy atom. The summed E-state index contributed by atoms with van der Waals surface area (Å²) in [5.74, 6) is 2.29. The van der Waals surface area contributed by atoms with Gasteiger partial charge in [-0.2, -0.15) is 0 Å². The van der Waals surface area contributed by atoms with Crippen molar-refractivity contribution in [3.05, 3.63) is 93.7 Å². The summed E-state index contributed by atoms with van der Waals surface area (Å²) in [5, 5.41) is 15.6. The highest BCUT2D eigenvalue weighted by Crippen LogP contribution is 2.33. The standard InChI is InChI=1S/C28H25ClN6O3S2/c1-37-23-8-7-18(15-24(23)38-2)9-14-31-27(36)21-16-39-25(32-21)17-40-28-34-33-26(19-10-12-30-13-11-19)35(28)22-6-4-3-5-20(22)29/h3-8,10-13,15-16H,9,14,17H2,1-2H3,(H,31,36). The Labute approximate surface area is 244 Å². The highest BCUT2D eigenvalue weighted by atomic mass is 35.5. The molecule has 5 aromatic rings. The molecule has 0 aliphatic heterocycles. The molecule has 40 heavy (non-hydrogen) atoms. The first kappa shape index (κ1) is 27.6. The Morgan fingerprint density at radius 1 is 1.05 bits per heavy atom. The number of thiazole rings is 1. The minimum atomic E-state index is -0.216. The van der Waals surface area contributed by atoms with Gasteiger partial charge in [0.15, 0.2) is 22.5 Å². The molecule has 1 amide bonds. The van der Waals surface area contributed by atoms with Gasteiger partial charge in [-0.15, -0.1) is 21.5 Å². The van der Waals surface area contributed by atoms with E-state index in [4.69, 9.17) is 21.1 Å². The van der Waals surface area contributed by atoms with E-state index < -0.39 is 0 Å². The summed E-state index contributed by atoms with van der Waals surface area (Å²) in [5.41, 5.74) is 3.06. The number of amides is 1. The highest BCUT2D eigenvalue weighted by molar-refractivity contribution is 7.98. The summed E-state index contributed by atoms with van der Waals surface area (Å²) in [6, 6.07) is 17.0. The highest BCUT2D eigenvalue weighted by Gasteiger charge is 2.19. The zero-order valence-electron chi connectivity index (χ0n) is 21.7. The lowest BCUT2D eigenvalue weighted by Gasteiger charge is -2.11. The first-order valence-electron chi connectivity index (χ1n) is 12.2. The van der Waals surface area contributed by atoms with Crippen LogP contribution in [0.25, 0.3) is 17.1 Å². The molecule has 9 nitrogen and oxygen atoms in total. The number of rotatable bonds is 11. The molecule has 0 atom stereocenters. The summed E-state index contributed by atoms with van der Waals surface area (Å²) in [6.45, 7) is 0.467.